The molecule has 0 aromatic heterocycles. The molecule has 0 aromatic rings. The predicted octanol–water partition coefficient (Wildman–Crippen LogP) is 2.86. The first-order chi connectivity index (χ1) is 9.68. The monoisotopic (exact) mass is 320 g/mol. The molecule has 1 heterocycles. The summed E-state index contributed by atoms with van der Waals surface area (Å²) in [6.07, 6.45) is 6.23. The fraction of sp³-hybridized carbons (Fsp3) is 0.846. The highest BCUT2D eigenvalue weighted by Crippen LogP contribution is 2.39. The van der Waals surface area contributed by atoms with E-state index >= 15 is 0 Å². The Balaban J connectivity index is 1.83. The second-order valence-corrected chi connectivity index (χ2v) is 7.65. The molecule has 0 saturated carbocycles. The Morgan fingerprint density at radius 2 is 1.80 bits per heavy atom. The summed E-state index contributed by atoms with van der Waals surface area (Å²) in [5.41, 5.74) is 0. The fourth-order valence-electron chi connectivity index (χ4n) is 1.93. The van der Waals surface area contributed by atoms with Crippen molar-refractivity contribution in [1.29, 1.82) is 0 Å². The van der Waals surface area contributed by atoms with Gasteiger partial charge in [0.2, 0.25) is 0 Å². The van der Waals surface area contributed by atoms with E-state index in [0.717, 1.165) is 18.1 Å². The zero-order valence-corrected chi connectivity index (χ0v) is 13.4. The zero-order chi connectivity index (χ0) is 14.6. The molecule has 116 valence electrons. The van der Waals surface area contributed by atoms with Crippen LogP contribution in [0.25, 0.3) is 0 Å². The number of nitrogens with one attached hydrogen (secondary N) is 2. The van der Waals surface area contributed by atoms with E-state index in [1.54, 1.807) is 0 Å². The van der Waals surface area contributed by atoms with E-state index in [4.69, 9.17) is 5.11 Å². The van der Waals surface area contributed by atoms with E-state index in [2.05, 4.69) is 10.6 Å². The van der Waals surface area contributed by atoms with Gasteiger partial charge in [0.15, 0.2) is 0 Å². The molecule has 0 aromatic carbocycles. The maximum absolute atomic E-state index is 11.4. The summed E-state index contributed by atoms with van der Waals surface area (Å²) in [4.78, 5) is 21.7. The van der Waals surface area contributed by atoms with Gasteiger partial charge >= 0.3 is 12.0 Å². The maximum Gasteiger partial charge on any atom is 0.314 e. The van der Waals surface area contributed by atoms with Crippen LogP contribution in [-0.4, -0.2) is 41.2 Å². The molecule has 1 fully saturated rings. The van der Waals surface area contributed by atoms with E-state index in [1.807, 2.05) is 21.6 Å². The smallest absolute Gasteiger partial charge is 0.314 e. The number of urea groups is 1. The first-order valence-corrected chi connectivity index (χ1v) is 9.58. The van der Waals surface area contributed by atoms with Gasteiger partial charge in [0, 0.05) is 30.5 Å². The fourth-order valence-corrected chi connectivity index (χ4v) is 4.96. The summed E-state index contributed by atoms with van der Waals surface area (Å²) in [6, 6.07) is -0.147. The summed E-state index contributed by atoms with van der Waals surface area (Å²) in [7, 11) is 3.97. The number of carbonyl (C=O) groups is 2. The largest absolute Gasteiger partial charge is 0.481 e. The first-order valence-electron chi connectivity index (χ1n) is 7.20. The molecule has 1 saturated heterocycles. The number of rotatable bonds is 10. The molecule has 1 unspecified atom stereocenters. The topological polar surface area (TPSA) is 78.4 Å². The highest BCUT2D eigenvalue weighted by Gasteiger charge is 2.15. The van der Waals surface area contributed by atoms with Crippen molar-refractivity contribution in [1.82, 2.24) is 10.6 Å². The van der Waals surface area contributed by atoms with E-state index in [0.29, 0.717) is 25.9 Å². The van der Waals surface area contributed by atoms with Crippen LogP contribution in [0.1, 0.15) is 44.9 Å². The Labute approximate surface area is 128 Å². The number of carbonyl (C=O) groups excluding carboxylic acids is 1. The SMILES string of the molecule is O=C(O)CCCCNC(=O)NCCCCC1CCSS1. The number of aliphatic carboxylic acids is 1. The lowest BCUT2D eigenvalue weighted by Crippen LogP contribution is -2.36. The molecule has 3 N–H and O–H groups in total. The minimum atomic E-state index is -0.784. The third-order valence-electron chi connectivity index (χ3n) is 3.07. The Kier molecular flexibility index (Phi) is 9.74. The van der Waals surface area contributed by atoms with Crippen LogP contribution in [0.5, 0.6) is 0 Å². The van der Waals surface area contributed by atoms with Gasteiger partial charge in [-0.15, -0.1) is 0 Å². The highest BCUT2D eigenvalue weighted by atomic mass is 33.1. The van der Waals surface area contributed by atoms with Gasteiger partial charge in [0.05, 0.1) is 0 Å². The van der Waals surface area contributed by atoms with Gasteiger partial charge in [-0.2, -0.15) is 0 Å². The number of hydrogen-bond donors (Lipinski definition) is 3. The minimum absolute atomic E-state index is 0.147. The second-order valence-electron chi connectivity index (χ2n) is 4.86. The predicted molar refractivity (Wildman–Crippen MR) is 85.2 cm³/mol. The van der Waals surface area contributed by atoms with Crippen LogP contribution in [0.3, 0.4) is 0 Å². The van der Waals surface area contributed by atoms with Crippen LogP contribution in [0.4, 0.5) is 4.79 Å². The van der Waals surface area contributed by atoms with Gasteiger partial charge in [-0.3, -0.25) is 4.79 Å². The average Bonchev–Trinajstić information content (AvgIpc) is 2.90. The van der Waals surface area contributed by atoms with Gasteiger partial charge in [-0.1, -0.05) is 28.0 Å². The Hall–Kier alpha value is -0.560. The third-order valence-corrected chi connectivity index (χ3v) is 6.08. The van der Waals surface area contributed by atoms with Crippen LogP contribution in [0, 0.1) is 0 Å². The van der Waals surface area contributed by atoms with Gasteiger partial charge < -0.3 is 15.7 Å². The number of amides is 2. The molecule has 2 amide bonds. The Morgan fingerprint density at radius 3 is 2.40 bits per heavy atom. The molecule has 20 heavy (non-hydrogen) atoms. The average molecular weight is 320 g/mol. The summed E-state index contributed by atoms with van der Waals surface area (Å²) in [6.45, 7) is 1.25. The summed E-state index contributed by atoms with van der Waals surface area (Å²) in [5, 5.41) is 14.8. The van der Waals surface area contributed by atoms with Crippen LogP contribution in [0.15, 0.2) is 0 Å². The summed E-state index contributed by atoms with van der Waals surface area (Å²) >= 11 is 0. The maximum atomic E-state index is 11.4. The van der Waals surface area contributed by atoms with Crippen molar-refractivity contribution in [2.75, 3.05) is 18.8 Å². The Morgan fingerprint density at radius 1 is 1.10 bits per heavy atom. The van der Waals surface area contributed by atoms with Crippen molar-refractivity contribution in [2.45, 2.75) is 50.2 Å². The second kappa shape index (κ2) is 11.1. The van der Waals surface area contributed by atoms with Gasteiger partial charge in [0.1, 0.15) is 0 Å². The molecular formula is C13H24N2O3S2. The van der Waals surface area contributed by atoms with E-state index < -0.39 is 5.97 Å². The van der Waals surface area contributed by atoms with Crippen molar-refractivity contribution >= 4 is 33.6 Å². The van der Waals surface area contributed by atoms with E-state index in [9.17, 15) is 9.59 Å². The summed E-state index contributed by atoms with van der Waals surface area (Å²) < 4.78 is 0. The molecule has 1 aliphatic heterocycles. The molecule has 0 radical (unpaired) electrons. The number of carboxylic acids is 1. The van der Waals surface area contributed by atoms with Crippen molar-refractivity contribution in [2.24, 2.45) is 0 Å². The van der Waals surface area contributed by atoms with Gasteiger partial charge in [-0.25, -0.2) is 4.79 Å². The molecule has 1 rings (SSSR count). The number of hydrogen-bond acceptors (Lipinski definition) is 4. The number of unbranched alkanes of at least 4 members (excludes halogenated alkanes) is 2. The number of carboxylic acid groups (broad SMARTS) is 1. The van der Waals surface area contributed by atoms with E-state index in [1.165, 1.54) is 18.6 Å². The lowest BCUT2D eigenvalue weighted by atomic mass is 10.1. The molecule has 0 spiro atoms. The first kappa shape index (κ1) is 17.5. The summed E-state index contributed by atoms with van der Waals surface area (Å²) in [5.74, 6) is 0.492. The zero-order valence-electron chi connectivity index (χ0n) is 11.7. The normalized spacial score (nSPS) is 17.9. The van der Waals surface area contributed by atoms with Crippen LogP contribution in [-0.2, 0) is 4.79 Å². The third kappa shape index (κ3) is 9.36. The van der Waals surface area contributed by atoms with Crippen LogP contribution < -0.4 is 10.6 Å². The molecular weight excluding hydrogens is 296 g/mol. The Bertz CT molecular complexity index is 297. The molecule has 1 atom stereocenters. The standard InChI is InChI=1S/C13H24N2O3S2/c16-12(17)6-2-4-9-15-13(18)14-8-3-1-5-11-7-10-19-20-11/h11H,1-10H2,(H,16,17)(H2,14,15,18). The van der Waals surface area contributed by atoms with Crippen LogP contribution >= 0.6 is 21.6 Å². The van der Waals surface area contributed by atoms with E-state index in [-0.39, 0.29) is 12.5 Å². The minimum Gasteiger partial charge on any atom is -0.481 e. The molecule has 1 aliphatic rings. The van der Waals surface area contributed by atoms with Crippen molar-refractivity contribution in [3.63, 3.8) is 0 Å². The molecule has 7 heteroatoms. The van der Waals surface area contributed by atoms with Crippen LogP contribution in [0.2, 0.25) is 0 Å². The van der Waals surface area contributed by atoms with Gasteiger partial charge in [-0.05, 0) is 32.1 Å². The molecule has 5 nitrogen and oxygen atoms in total. The quantitative estimate of drug-likeness (QED) is 0.426. The molecule has 0 aliphatic carbocycles. The molecule has 0 bridgehead atoms. The van der Waals surface area contributed by atoms with Crippen molar-refractivity contribution in [3.8, 4) is 0 Å². The highest BCUT2D eigenvalue weighted by molar-refractivity contribution is 8.77. The van der Waals surface area contributed by atoms with Gasteiger partial charge in [0.25, 0.3) is 0 Å². The van der Waals surface area contributed by atoms with Crippen molar-refractivity contribution < 1.29 is 14.7 Å². The lowest BCUT2D eigenvalue weighted by Gasteiger charge is -2.09. The lowest BCUT2D eigenvalue weighted by molar-refractivity contribution is -0.137. The van der Waals surface area contributed by atoms with Crippen molar-refractivity contribution in [3.05, 3.63) is 0 Å².